The summed E-state index contributed by atoms with van der Waals surface area (Å²) in [4.78, 5) is 0. The molecule has 11 aromatic carbocycles. The van der Waals surface area contributed by atoms with Crippen LogP contribution in [-0.2, 0) is 0 Å². The van der Waals surface area contributed by atoms with Crippen molar-refractivity contribution >= 4 is 101 Å². The van der Waals surface area contributed by atoms with Gasteiger partial charge in [-0.3, -0.25) is 0 Å². The van der Waals surface area contributed by atoms with Gasteiger partial charge in [0.2, 0.25) is 13.4 Å². The topological polar surface area (TPSA) is 0 Å². The first-order chi connectivity index (χ1) is 30.2. The molecule has 0 unspecified atom stereocenters. The van der Waals surface area contributed by atoms with Gasteiger partial charge in [-0.05, 0) is 169 Å². The van der Waals surface area contributed by atoms with Crippen LogP contribution >= 0.6 is 22.6 Å². The molecule has 15 rings (SSSR count). The second-order valence-corrected chi connectivity index (χ2v) is 18.8. The van der Waals surface area contributed by atoms with Crippen molar-refractivity contribution in [2.24, 2.45) is 0 Å². The average molecular weight is 876 g/mol. The van der Waals surface area contributed by atoms with Crippen LogP contribution in [0.25, 0.3) is 110 Å². The molecule has 0 bridgehead atoms. The third-order valence-electron chi connectivity index (χ3n) is 14.7. The number of benzene rings is 11. The highest BCUT2D eigenvalue weighted by Gasteiger charge is 2.44. The maximum atomic E-state index is 2.64. The van der Waals surface area contributed by atoms with Gasteiger partial charge in [0.25, 0.3) is 0 Å². The van der Waals surface area contributed by atoms with E-state index in [2.05, 4.69) is 211 Å². The predicted octanol–water partition coefficient (Wildman–Crippen LogP) is 11.1. The molecule has 4 aliphatic heterocycles. The second kappa shape index (κ2) is 11.8. The van der Waals surface area contributed by atoms with Gasteiger partial charge in [0, 0.05) is 3.57 Å². The summed E-state index contributed by atoms with van der Waals surface area (Å²) in [7, 11) is 0. The lowest BCUT2D eigenvalue weighted by atomic mass is 9.34. The molecule has 0 N–H and O–H groups in total. The Morgan fingerprint density at radius 1 is 0.262 bits per heavy atom. The molecule has 4 aliphatic rings. The van der Waals surface area contributed by atoms with Crippen molar-refractivity contribution in [1.29, 1.82) is 0 Å². The normalized spacial score (nSPS) is 13.3. The first-order valence-corrected chi connectivity index (χ1v) is 22.5. The Morgan fingerprint density at radius 3 is 1.15 bits per heavy atom. The molecule has 0 nitrogen and oxygen atoms in total. The van der Waals surface area contributed by atoms with Crippen LogP contribution in [0, 0.1) is 3.57 Å². The molecule has 0 radical (unpaired) electrons. The SMILES string of the molecule is Ic1cc2c3c(c1)-c1cc(-c4ccccc4)c4cc5c6c(cc(-c7ccccc7)c7cc(c1c4c76)B3c1ccccc1-2)-c1cc(-c2ccccc2)cc2c1B5c1ccccc1-2. The molecule has 0 fully saturated rings. The van der Waals surface area contributed by atoms with E-state index in [1.165, 1.54) is 147 Å². The standard InChI is InChI=1S/C58H31B2I/c61-36-26-47-38-21-11-13-23-50(38)60-52-31-43-39(33-16-6-2-7-17-33)28-41-46-25-35(32-14-4-1-5-15-32)24-45-37-20-10-12-22-49(37)59(57(45)46)51-30-44-40(34-18-8-3-9-19-34)29-42(48(27-36)58(47)60)54(52)56(44)55(43)53(41)51/h1-31H. The largest absolute Gasteiger partial charge is 0.244 e. The van der Waals surface area contributed by atoms with Crippen LogP contribution in [0.1, 0.15) is 0 Å². The summed E-state index contributed by atoms with van der Waals surface area (Å²) in [6, 6.07) is 72.1. The van der Waals surface area contributed by atoms with Crippen molar-refractivity contribution in [3.8, 4) is 77.9 Å². The molecule has 3 heteroatoms. The molecule has 0 saturated heterocycles. The summed E-state index contributed by atoms with van der Waals surface area (Å²) >= 11 is 2.56. The first-order valence-electron chi connectivity index (χ1n) is 21.4. The van der Waals surface area contributed by atoms with Crippen LogP contribution in [0.2, 0.25) is 0 Å². The van der Waals surface area contributed by atoms with E-state index >= 15 is 0 Å². The van der Waals surface area contributed by atoms with Crippen molar-refractivity contribution in [1.82, 2.24) is 0 Å². The minimum absolute atomic E-state index is 0.134. The van der Waals surface area contributed by atoms with E-state index in [1.807, 2.05) is 0 Å². The van der Waals surface area contributed by atoms with Gasteiger partial charge in [0.05, 0.1) is 0 Å². The zero-order chi connectivity index (χ0) is 39.7. The monoisotopic (exact) mass is 876 g/mol. The van der Waals surface area contributed by atoms with Gasteiger partial charge in [-0.2, -0.15) is 0 Å². The fourth-order valence-corrected chi connectivity index (χ4v) is 13.0. The van der Waals surface area contributed by atoms with Crippen LogP contribution in [0.15, 0.2) is 188 Å². The first kappa shape index (κ1) is 33.1. The Hall–Kier alpha value is -6.68. The zero-order valence-corrected chi connectivity index (χ0v) is 35.1. The van der Waals surface area contributed by atoms with E-state index < -0.39 is 0 Å². The molecule has 0 atom stereocenters. The number of rotatable bonds is 3. The van der Waals surface area contributed by atoms with Crippen molar-refractivity contribution in [3.63, 3.8) is 0 Å². The Morgan fingerprint density at radius 2 is 0.656 bits per heavy atom. The Labute approximate surface area is 368 Å². The predicted molar refractivity (Wildman–Crippen MR) is 270 cm³/mol. The van der Waals surface area contributed by atoms with E-state index in [9.17, 15) is 0 Å². The van der Waals surface area contributed by atoms with Crippen LogP contribution in [0.5, 0.6) is 0 Å². The van der Waals surface area contributed by atoms with Crippen molar-refractivity contribution in [2.75, 3.05) is 0 Å². The zero-order valence-electron chi connectivity index (χ0n) is 32.9. The van der Waals surface area contributed by atoms with E-state index in [1.54, 1.807) is 0 Å². The Bertz CT molecular complexity index is 3760. The van der Waals surface area contributed by atoms with E-state index in [4.69, 9.17) is 0 Å². The summed E-state index contributed by atoms with van der Waals surface area (Å²) < 4.78 is 1.28. The summed E-state index contributed by atoms with van der Waals surface area (Å²) in [5.74, 6) is 0. The van der Waals surface area contributed by atoms with E-state index in [0.29, 0.717) is 0 Å². The van der Waals surface area contributed by atoms with Gasteiger partial charge in [0.1, 0.15) is 0 Å². The highest BCUT2D eigenvalue weighted by atomic mass is 127. The lowest BCUT2D eigenvalue weighted by Gasteiger charge is -2.33. The van der Waals surface area contributed by atoms with Crippen LogP contribution in [0.3, 0.4) is 0 Å². The van der Waals surface area contributed by atoms with Crippen molar-refractivity contribution in [2.45, 2.75) is 0 Å². The summed E-state index contributed by atoms with van der Waals surface area (Å²) in [6.45, 7) is 0.295. The Balaban J connectivity index is 1.20. The van der Waals surface area contributed by atoms with Gasteiger partial charge in [-0.15, -0.1) is 0 Å². The van der Waals surface area contributed by atoms with Crippen LogP contribution < -0.4 is 32.8 Å². The highest BCUT2D eigenvalue weighted by Crippen LogP contribution is 2.51. The number of hydrogen-bond donors (Lipinski definition) is 0. The fourth-order valence-electron chi connectivity index (χ4n) is 12.4. The summed E-state index contributed by atoms with van der Waals surface area (Å²) in [5.41, 5.74) is 27.2. The van der Waals surface area contributed by atoms with Gasteiger partial charge >= 0.3 is 0 Å². The summed E-state index contributed by atoms with van der Waals surface area (Å²) in [6.07, 6.45) is 0. The maximum absolute atomic E-state index is 2.64. The fraction of sp³-hybridized carbons (Fsp3) is 0. The molecule has 11 aromatic rings. The van der Waals surface area contributed by atoms with Gasteiger partial charge < -0.3 is 0 Å². The van der Waals surface area contributed by atoms with E-state index in [0.717, 1.165) is 0 Å². The number of fused-ring (bicyclic) bond motifs is 10. The maximum Gasteiger partial charge on any atom is 0.244 e. The molecule has 4 heterocycles. The van der Waals surface area contributed by atoms with Crippen molar-refractivity contribution < 1.29 is 0 Å². The minimum atomic E-state index is 0.134. The Kier molecular flexibility index (Phi) is 6.39. The molecule has 0 spiro atoms. The summed E-state index contributed by atoms with van der Waals surface area (Å²) in [5, 5.41) is 8.35. The molecule has 0 amide bonds. The molecule has 61 heavy (non-hydrogen) atoms. The van der Waals surface area contributed by atoms with Gasteiger partial charge in [-0.1, -0.05) is 184 Å². The average Bonchev–Trinajstić information content (AvgIpc) is 3.83. The third-order valence-corrected chi connectivity index (χ3v) is 15.3. The van der Waals surface area contributed by atoms with Crippen LogP contribution in [-0.4, -0.2) is 13.4 Å². The smallest absolute Gasteiger partial charge is 0.0664 e. The quantitative estimate of drug-likeness (QED) is 0.0942. The molecule has 0 aliphatic carbocycles. The molecular weight excluding hydrogens is 845 g/mol. The lowest BCUT2D eigenvalue weighted by molar-refractivity contribution is 1.61. The minimum Gasteiger partial charge on any atom is -0.0664 e. The number of halogens is 1. The van der Waals surface area contributed by atoms with Crippen molar-refractivity contribution in [3.05, 3.63) is 192 Å². The molecule has 276 valence electrons. The van der Waals surface area contributed by atoms with E-state index in [-0.39, 0.29) is 13.4 Å². The molecular formula is C58H31B2I. The second-order valence-electron chi connectivity index (χ2n) is 17.5. The van der Waals surface area contributed by atoms with Crippen LogP contribution in [0.4, 0.5) is 0 Å². The lowest BCUT2D eigenvalue weighted by Crippen LogP contribution is -2.53. The van der Waals surface area contributed by atoms with Gasteiger partial charge in [-0.25, -0.2) is 0 Å². The third kappa shape index (κ3) is 4.18. The molecule has 0 saturated carbocycles. The molecule has 0 aromatic heterocycles. The van der Waals surface area contributed by atoms with Gasteiger partial charge in [0.15, 0.2) is 0 Å². The number of hydrogen-bond acceptors (Lipinski definition) is 0. The highest BCUT2D eigenvalue weighted by molar-refractivity contribution is 14.1.